The molecule has 0 heterocycles. The van der Waals surface area contributed by atoms with Gasteiger partial charge in [0.15, 0.2) is 0 Å². The van der Waals surface area contributed by atoms with Crippen molar-refractivity contribution in [1.29, 1.82) is 0 Å². The summed E-state index contributed by atoms with van der Waals surface area (Å²) in [5.74, 6) is -1.86. The van der Waals surface area contributed by atoms with Gasteiger partial charge in [0.25, 0.3) is 0 Å². The standard InChI is InChI=1S/C17H18AsN3O7/c1-10(22)19-15(17(24)25)9-11-2-7-16(23)14(8-11)21-20-13-5-3-12(4-6-13)18(26,27)28/h2-8,15,23H,9H2,1H3,(H,19,22)(H,24,25)(H2,26,27,28)/t15-/m0/s1. The molecule has 10 nitrogen and oxygen atoms in total. The van der Waals surface area contributed by atoms with Gasteiger partial charge in [0.05, 0.1) is 0 Å². The normalized spacial score (nSPS) is 12.7. The summed E-state index contributed by atoms with van der Waals surface area (Å²) in [5.41, 5.74) is 0.888. The van der Waals surface area contributed by atoms with E-state index >= 15 is 0 Å². The molecule has 148 valence electrons. The molecule has 5 N–H and O–H groups in total. The van der Waals surface area contributed by atoms with Crippen molar-refractivity contribution in [2.24, 2.45) is 10.2 Å². The first-order chi connectivity index (χ1) is 13.1. The molecule has 0 aliphatic rings. The smallest absolute Gasteiger partial charge is 0.480 e. The van der Waals surface area contributed by atoms with E-state index in [1.807, 2.05) is 0 Å². The van der Waals surface area contributed by atoms with Crippen LogP contribution < -0.4 is 9.67 Å². The third kappa shape index (κ3) is 6.05. The van der Waals surface area contributed by atoms with Crippen LogP contribution in [0.1, 0.15) is 12.5 Å². The second kappa shape index (κ2) is 8.83. The molecular weight excluding hydrogens is 433 g/mol. The number of phenolic OH excluding ortho intramolecular Hbond substituents is 1. The molecule has 0 aliphatic heterocycles. The van der Waals surface area contributed by atoms with Gasteiger partial charge in [-0.15, -0.1) is 0 Å². The first kappa shape index (κ1) is 21.4. The van der Waals surface area contributed by atoms with E-state index in [-0.39, 0.29) is 22.2 Å². The molecule has 2 rings (SSSR count). The number of aromatic hydroxyl groups is 1. The molecule has 2 aromatic carbocycles. The Bertz CT molecular complexity index is 954. The van der Waals surface area contributed by atoms with Crippen LogP contribution in [-0.4, -0.2) is 50.5 Å². The van der Waals surface area contributed by atoms with Crippen LogP contribution in [0.2, 0.25) is 0 Å². The minimum Gasteiger partial charge on any atom is -0.480 e. The molecule has 0 saturated heterocycles. The van der Waals surface area contributed by atoms with E-state index in [0.29, 0.717) is 11.3 Å². The van der Waals surface area contributed by atoms with Gasteiger partial charge in [0.1, 0.15) is 0 Å². The fourth-order valence-corrected chi connectivity index (χ4v) is 3.41. The number of carbonyl (C=O) groups is 2. The molecule has 0 fully saturated rings. The predicted octanol–water partition coefficient (Wildman–Crippen LogP) is 0.500. The van der Waals surface area contributed by atoms with Crippen molar-refractivity contribution in [2.45, 2.75) is 19.4 Å². The summed E-state index contributed by atoms with van der Waals surface area (Å²) in [4.78, 5) is 22.4. The zero-order chi connectivity index (χ0) is 20.9. The predicted molar refractivity (Wildman–Crippen MR) is 98.2 cm³/mol. The average molecular weight is 451 g/mol. The Morgan fingerprint density at radius 1 is 1.11 bits per heavy atom. The minimum absolute atomic E-state index is 0.0171. The quantitative estimate of drug-likeness (QED) is 0.302. The van der Waals surface area contributed by atoms with Crippen molar-refractivity contribution in [3.63, 3.8) is 0 Å². The van der Waals surface area contributed by atoms with Crippen molar-refractivity contribution in [3.8, 4) is 5.75 Å². The molecule has 1 amide bonds. The average Bonchev–Trinajstić information content (AvgIpc) is 2.60. The number of nitrogens with one attached hydrogen (secondary N) is 1. The number of amides is 1. The number of azo groups is 1. The van der Waals surface area contributed by atoms with E-state index in [9.17, 15) is 23.5 Å². The molecule has 0 aliphatic carbocycles. The summed E-state index contributed by atoms with van der Waals surface area (Å²) >= 11 is -4.98. The molecule has 0 aromatic heterocycles. The van der Waals surface area contributed by atoms with Crippen molar-refractivity contribution >= 4 is 41.8 Å². The topological polar surface area (TPSA) is 169 Å². The van der Waals surface area contributed by atoms with Crippen molar-refractivity contribution in [2.75, 3.05) is 0 Å². The van der Waals surface area contributed by atoms with Gasteiger partial charge in [0.2, 0.25) is 5.91 Å². The molecule has 0 unspecified atom stereocenters. The maximum atomic E-state index is 11.2. The zero-order valence-corrected chi connectivity index (χ0v) is 16.6. The van der Waals surface area contributed by atoms with Crippen LogP contribution in [0.4, 0.5) is 11.4 Å². The summed E-state index contributed by atoms with van der Waals surface area (Å²) in [5, 5.41) is 29.2. The number of nitrogens with zero attached hydrogens (tertiary/aromatic N) is 2. The van der Waals surface area contributed by atoms with Gasteiger partial charge in [-0.3, -0.25) is 4.79 Å². The molecule has 0 saturated carbocycles. The molecule has 1 atom stereocenters. The van der Waals surface area contributed by atoms with Gasteiger partial charge in [0, 0.05) is 6.92 Å². The Morgan fingerprint density at radius 3 is 2.29 bits per heavy atom. The SMILES string of the molecule is CC(=O)N[C@@H](Cc1ccc(O)c(N=Nc2ccc([As](=O)(O)O)cc2)c1)C(=O)O. The first-order valence-electron chi connectivity index (χ1n) is 7.96. The Hall–Kier alpha value is -2.94. The number of hydrogen-bond acceptors (Lipinski definition) is 6. The summed E-state index contributed by atoms with van der Waals surface area (Å²) in [6.07, 6.45) is -0.0171. The Balaban J connectivity index is 2.21. The number of carboxylic acids is 1. The number of aliphatic carboxylic acids is 1. The Labute approximate surface area is 162 Å². The molecule has 0 radical (unpaired) electrons. The van der Waals surface area contributed by atoms with E-state index in [0.717, 1.165) is 0 Å². The number of hydrogen-bond donors (Lipinski definition) is 5. The van der Waals surface area contributed by atoms with E-state index in [1.165, 1.54) is 49.4 Å². The Kier molecular flexibility index (Phi) is 6.74. The third-order valence-electron chi connectivity index (χ3n) is 3.61. The van der Waals surface area contributed by atoms with Crippen LogP contribution >= 0.6 is 0 Å². The van der Waals surface area contributed by atoms with Crippen molar-refractivity contribution in [1.82, 2.24) is 5.32 Å². The molecule has 2 aromatic rings. The van der Waals surface area contributed by atoms with Gasteiger partial charge < -0.3 is 5.11 Å². The Morgan fingerprint density at radius 2 is 1.75 bits per heavy atom. The van der Waals surface area contributed by atoms with Gasteiger partial charge in [-0.25, -0.2) is 4.79 Å². The fraction of sp³-hybridized carbons (Fsp3) is 0.176. The monoisotopic (exact) mass is 451 g/mol. The summed E-state index contributed by atoms with van der Waals surface area (Å²) in [7, 11) is 0. The second-order valence-electron chi connectivity index (χ2n) is 5.88. The van der Waals surface area contributed by atoms with Crippen LogP contribution in [-0.2, 0) is 19.7 Å². The van der Waals surface area contributed by atoms with Gasteiger partial charge in [-0.05, 0) is 0 Å². The zero-order valence-electron chi connectivity index (χ0n) is 14.7. The van der Waals surface area contributed by atoms with Crippen molar-refractivity contribution in [3.05, 3.63) is 48.0 Å². The summed E-state index contributed by atoms with van der Waals surface area (Å²) in [6, 6.07) is 8.37. The molecule has 0 spiro atoms. The van der Waals surface area contributed by atoms with Gasteiger partial charge >= 0.3 is 135 Å². The maximum absolute atomic E-state index is 11.2. The number of phenols is 1. The van der Waals surface area contributed by atoms with Crippen LogP contribution in [0.15, 0.2) is 52.7 Å². The first-order valence-corrected chi connectivity index (χ1v) is 11.3. The van der Waals surface area contributed by atoms with Crippen LogP contribution in [0.5, 0.6) is 5.75 Å². The number of carboxylic acid groups (broad SMARTS) is 1. The third-order valence-corrected chi connectivity index (χ3v) is 5.65. The van der Waals surface area contributed by atoms with Crippen molar-refractivity contribution < 1.29 is 31.7 Å². The molecular formula is C17H18AsN3O7. The van der Waals surface area contributed by atoms with Crippen LogP contribution in [0.3, 0.4) is 0 Å². The van der Waals surface area contributed by atoms with Crippen LogP contribution in [0.25, 0.3) is 0 Å². The van der Waals surface area contributed by atoms with Crippen LogP contribution in [0, 0.1) is 0 Å². The number of carbonyl (C=O) groups excluding carboxylic acids is 1. The van der Waals surface area contributed by atoms with Gasteiger partial charge in [-0.1, -0.05) is 0 Å². The molecule has 11 heteroatoms. The number of rotatable bonds is 7. The fourth-order valence-electron chi connectivity index (χ4n) is 2.28. The summed E-state index contributed by atoms with van der Waals surface area (Å²) < 4.78 is 29.4. The van der Waals surface area contributed by atoms with E-state index < -0.39 is 32.1 Å². The summed E-state index contributed by atoms with van der Waals surface area (Å²) in [6.45, 7) is 1.21. The number of benzene rings is 2. The van der Waals surface area contributed by atoms with E-state index in [2.05, 4.69) is 15.5 Å². The van der Waals surface area contributed by atoms with E-state index in [4.69, 9.17) is 8.19 Å². The molecule has 28 heavy (non-hydrogen) atoms. The minimum atomic E-state index is -4.98. The van der Waals surface area contributed by atoms with Gasteiger partial charge in [-0.2, -0.15) is 0 Å². The second-order valence-corrected chi connectivity index (χ2v) is 9.25. The molecule has 0 bridgehead atoms. The van der Waals surface area contributed by atoms with E-state index in [1.54, 1.807) is 0 Å².